The molecule has 1 aliphatic heterocycles. The predicted molar refractivity (Wildman–Crippen MR) is 72.2 cm³/mol. The Hall–Kier alpha value is -1.76. The van der Waals surface area contributed by atoms with E-state index in [1.165, 1.54) is 6.07 Å². The first-order chi connectivity index (χ1) is 9.81. The molecule has 1 aromatic rings. The first kappa shape index (κ1) is 15.6. The molecule has 0 saturated carbocycles. The molecule has 2 N–H and O–H groups in total. The number of nitrogens with zero attached hydrogens (tertiary/aromatic N) is 1. The summed E-state index contributed by atoms with van der Waals surface area (Å²) in [4.78, 5) is 13.4. The fourth-order valence-electron chi connectivity index (χ4n) is 2.35. The zero-order chi connectivity index (χ0) is 15.6. The Morgan fingerprint density at radius 2 is 1.90 bits per heavy atom. The van der Waals surface area contributed by atoms with Gasteiger partial charge < -0.3 is 15.4 Å². The van der Waals surface area contributed by atoms with Gasteiger partial charge in [-0.05, 0) is 31.0 Å². The van der Waals surface area contributed by atoms with Crippen LogP contribution in [0.5, 0.6) is 0 Å². The maximum Gasteiger partial charge on any atom is 0.416 e. The smallest absolute Gasteiger partial charge is 0.416 e. The first-order valence-electron chi connectivity index (χ1n) is 6.62. The van der Waals surface area contributed by atoms with E-state index in [4.69, 9.17) is 5.73 Å². The predicted octanol–water partition coefficient (Wildman–Crippen LogP) is 2.42. The zero-order valence-electron chi connectivity index (χ0n) is 11.6. The van der Waals surface area contributed by atoms with E-state index < -0.39 is 17.7 Å². The number of rotatable bonds is 2. The van der Waals surface area contributed by atoms with Gasteiger partial charge in [0.1, 0.15) is 0 Å². The summed E-state index contributed by atoms with van der Waals surface area (Å²) < 4.78 is 43.4. The van der Waals surface area contributed by atoms with Crippen molar-refractivity contribution in [3.05, 3.63) is 29.3 Å². The van der Waals surface area contributed by atoms with Crippen molar-refractivity contribution < 1.29 is 22.7 Å². The van der Waals surface area contributed by atoms with Gasteiger partial charge in [-0.3, -0.25) is 0 Å². The number of piperidine rings is 1. The minimum absolute atomic E-state index is 0.0760. The highest BCUT2D eigenvalue weighted by molar-refractivity contribution is 5.91. The summed E-state index contributed by atoms with van der Waals surface area (Å²) in [6.07, 6.45) is -3.08. The zero-order valence-corrected chi connectivity index (χ0v) is 11.6. The molecule has 116 valence electrons. The molecule has 4 nitrogen and oxygen atoms in total. The molecule has 1 saturated heterocycles. The molecule has 0 spiro atoms. The van der Waals surface area contributed by atoms with Gasteiger partial charge in [-0.1, -0.05) is 0 Å². The lowest BCUT2D eigenvalue weighted by atomic mass is 10.0. The topological polar surface area (TPSA) is 55.6 Å². The molecule has 2 rings (SSSR count). The van der Waals surface area contributed by atoms with Gasteiger partial charge in [-0.25, -0.2) is 4.79 Å². The van der Waals surface area contributed by atoms with Crippen molar-refractivity contribution in [2.75, 3.05) is 25.1 Å². The van der Waals surface area contributed by atoms with Crippen LogP contribution in [0.3, 0.4) is 0 Å². The third-order valence-corrected chi connectivity index (χ3v) is 3.57. The summed E-state index contributed by atoms with van der Waals surface area (Å²) in [5.41, 5.74) is 5.21. The minimum atomic E-state index is -4.51. The number of halogens is 3. The number of ether oxygens (including phenoxy) is 1. The normalized spacial score (nSPS) is 16.9. The molecule has 1 fully saturated rings. The van der Waals surface area contributed by atoms with E-state index in [0.29, 0.717) is 31.6 Å². The summed E-state index contributed by atoms with van der Waals surface area (Å²) in [6, 6.07) is 3.37. The summed E-state index contributed by atoms with van der Waals surface area (Å²) in [5.74, 6) is -0.781. The lowest BCUT2D eigenvalue weighted by molar-refractivity contribution is -0.137. The molecule has 1 aromatic carbocycles. The number of alkyl halides is 3. The number of anilines is 1. The maximum absolute atomic E-state index is 13.0. The highest BCUT2D eigenvalue weighted by atomic mass is 19.4. The third-order valence-electron chi connectivity index (χ3n) is 3.57. The Morgan fingerprint density at radius 1 is 1.29 bits per heavy atom. The van der Waals surface area contributed by atoms with Crippen LogP contribution < -0.4 is 10.6 Å². The van der Waals surface area contributed by atoms with Crippen LogP contribution in [-0.4, -0.2) is 32.2 Å². The molecule has 0 aromatic heterocycles. The Labute approximate surface area is 120 Å². The molecule has 0 amide bonds. The minimum Gasteiger partial charge on any atom is -0.465 e. The second-order valence-corrected chi connectivity index (χ2v) is 5.08. The second-order valence-electron chi connectivity index (χ2n) is 5.08. The van der Waals surface area contributed by atoms with Crippen molar-refractivity contribution in [3.8, 4) is 0 Å². The van der Waals surface area contributed by atoms with Crippen LogP contribution in [0.25, 0.3) is 0 Å². The van der Waals surface area contributed by atoms with Crippen LogP contribution in [0, 0.1) is 0 Å². The number of nitrogens with two attached hydrogens (primary N) is 1. The number of carbonyl (C=O) groups is 1. The maximum atomic E-state index is 13.0. The number of carbonyl (C=O) groups excluding carboxylic acids is 1. The number of hydrogen-bond donors (Lipinski definition) is 1. The Morgan fingerprint density at radius 3 is 2.43 bits per heavy atom. The van der Waals surface area contributed by atoms with Crippen LogP contribution in [0.1, 0.15) is 28.8 Å². The van der Waals surface area contributed by atoms with Gasteiger partial charge in [0.15, 0.2) is 0 Å². The van der Waals surface area contributed by atoms with Gasteiger partial charge in [-0.15, -0.1) is 0 Å². The monoisotopic (exact) mass is 302 g/mol. The largest absolute Gasteiger partial charge is 0.465 e. The first-order valence-corrected chi connectivity index (χ1v) is 6.62. The van der Waals surface area contributed by atoms with Crippen molar-refractivity contribution in [2.24, 2.45) is 5.73 Å². The fourth-order valence-corrected chi connectivity index (χ4v) is 2.35. The van der Waals surface area contributed by atoms with Crippen molar-refractivity contribution >= 4 is 11.7 Å². The molecule has 21 heavy (non-hydrogen) atoms. The Balaban J connectivity index is 2.38. The molecule has 0 radical (unpaired) electrons. The lowest BCUT2D eigenvalue weighted by Crippen LogP contribution is -2.39. The number of esters is 1. The van der Waals surface area contributed by atoms with E-state index in [1.807, 2.05) is 4.90 Å². The third kappa shape index (κ3) is 3.66. The Bertz CT molecular complexity index is 523. The van der Waals surface area contributed by atoms with Crippen molar-refractivity contribution in [2.45, 2.75) is 25.1 Å². The van der Waals surface area contributed by atoms with E-state index in [9.17, 15) is 18.0 Å². The quantitative estimate of drug-likeness (QED) is 0.853. The van der Waals surface area contributed by atoms with E-state index in [1.54, 1.807) is 0 Å². The summed E-state index contributed by atoms with van der Waals surface area (Å²) >= 11 is 0. The average molecular weight is 302 g/mol. The van der Waals surface area contributed by atoms with E-state index >= 15 is 0 Å². The van der Waals surface area contributed by atoms with Crippen LogP contribution in [0.2, 0.25) is 0 Å². The van der Waals surface area contributed by atoms with Crippen LogP contribution in [-0.2, 0) is 10.9 Å². The molecule has 0 aliphatic carbocycles. The van der Waals surface area contributed by atoms with Crippen molar-refractivity contribution in [1.29, 1.82) is 0 Å². The van der Waals surface area contributed by atoms with E-state index in [-0.39, 0.29) is 11.6 Å². The average Bonchev–Trinajstić information content (AvgIpc) is 2.45. The molecule has 0 bridgehead atoms. The molecule has 0 unspecified atom stereocenters. The standard InChI is InChI=1S/C14H17F3N2O2/c1-21-13(20)9-6-10(14(15,16)17)8-12(7-9)19-4-2-11(18)3-5-19/h6-8,11H,2-5,18H2,1H3. The summed E-state index contributed by atoms with van der Waals surface area (Å²) in [5, 5.41) is 0. The van der Waals surface area contributed by atoms with Crippen LogP contribution in [0.15, 0.2) is 18.2 Å². The van der Waals surface area contributed by atoms with Crippen molar-refractivity contribution in [3.63, 3.8) is 0 Å². The second kappa shape index (κ2) is 5.93. The SMILES string of the molecule is COC(=O)c1cc(N2CCC(N)CC2)cc(C(F)(F)F)c1. The molecule has 1 aliphatic rings. The van der Waals surface area contributed by atoms with E-state index in [0.717, 1.165) is 19.2 Å². The molecule has 0 atom stereocenters. The van der Waals surface area contributed by atoms with Crippen LogP contribution >= 0.6 is 0 Å². The Kier molecular flexibility index (Phi) is 4.41. The lowest BCUT2D eigenvalue weighted by Gasteiger charge is -2.32. The summed E-state index contributed by atoms with van der Waals surface area (Å²) in [6.45, 7) is 1.15. The number of methoxy groups -OCH3 is 1. The van der Waals surface area contributed by atoms with E-state index in [2.05, 4.69) is 4.74 Å². The van der Waals surface area contributed by atoms with Gasteiger partial charge in [0, 0.05) is 24.8 Å². The van der Waals surface area contributed by atoms with Crippen LogP contribution in [0.4, 0.5) is 18.9 Å². The molecular weight excluding hydrogens is 285 g/mol. The molecule has 7 heteroatoms. The van der Waals surface area contributed by atoms with Gasteiger partial charge in [0.05, 0.1) is 18.2 Å². The summed E-state index contributed by atoms with van der Waals surface area (Å²) in [7, 11) is 1.14. The number of benzene rings is 1. The highest BCUT2D eigenvalue weighted by Gasteiger charge is 2.32. The molecular formula is C14H17F3N2O2. The highest BCUT2D eigenvalue weighted by Crippen LogP contribution is 2.33. The van der Waals surface area contributed by atoms with Gasteiger partial charge >= 0.3 is 12.1 Å². The van der Waals surface area contributed by atoms with Gasteiger partial charge in [0.25, 0.3) is 0 Å². The van der Waals surface area contributed by atoms with Gasteiger partial charge in [0.2, 0.25) is 0 Å². The molecule has 1 heterocycles. The fraction of sp³-hybridized carbons (Fsp3) is 0.500. The number of hydrogen-bond acceptors (Lipinski definition) is 4. The van der Waals surface area contributed by atoms with Gasteiger partial charge in [-0.2, -0.15) is 13.2 Å². The van der Waals surface area contributed by atoms with Crippen molar-refractivity contribution in [1.82, 2.24) is 0 Å².